The zero-order valence-electron chi connectivity index (χ0n) is 18.9. The van der Waals surface area contributed by atoms with Crippen LogP contribution in [0, 0.1) is 6.92 Å². The number of carbonyl (C=O) groups excluding carboxylic acids is 1. The summed E-state index contributed by atoms with van der Waals surface area (Å²) in [7, 11) is 0. The molecule has 5 rings (SSSR count). The predicted molar refractivity (Wildman–Crippen MR) is 122 cm³/mol. The number of benzene rings is 1. The van der Waals surface area contributed by atoms with Gasteiger partial charge in [0.1, 0.15) is 5.69 Å². The molecule has 0 bridgehead atoms. The highest BCUT2D eigenvalue weighted by atomic mass is 16.3. The van der Waals surface area contributed by atoms with Crippen molar-refractivity contribution in [3.63, 3.8) is 0 Å². The number of hydrogen-bond donors (Lipinski definition) is 3. The SMILES string of the molecule is CCn1nc(C)cc1-c1n[nH]c(-c2cc(C(N)=O)cc3c2cnn3CCN2CC(C)(O)C2)n1. The van der Waals surface area contributed by atoms with E-state index in [2.05, 4.69) is 25.3 Å². The molecule has 11 nitrogen and oxygen atoms in total. The Labute approximate surface area is 190 Å². The zero-order valence-corrected chi connectivity index (χ0v) is 18.9. The molecule has 0 radical (unpaired) electrons. The topological polar surface area (TPSA) is 144 Å². The summed E-state index contributed by atoms with van der Waals surface area (Å²) in [4.78, 5) is 18.9. The minimum Gasteiger partial charge on any atom is -0.388 e. The second-order valence-corrected chi connectivity index (χ2v) is 8.89. The van der Waals surface area contributed by atoms with Gasteiger partial charge in [0.25, 0.3) is 0 Å². The van der Waals surface area contributed by atoms with Crippen LogP contribution in [-0.4, -0.2) is 75.9 Å². The number of fused-ring (bicyclic) bond motifs is 1. The normalized spacial score (nSPS) is 15.8. The third kappa shape index (κ3) is 3.89. The summed E-state index contributed by atoms with van der Waals surface area (Å²) in [5.74, 6) is 0.532. The molecular weight excluding hydrogens is 422 g/mol. The van der Waals surface area contributed by atoms with Crippen LogP contribution in [0.3, 0.4) is 0 Å². The van der Waals surface area contributed by atoms with Gasteiger partial charge in [0.15, 0.2) is 11.6 Å². The average Bonchev–Trinajstić information content (AvgIpc) is 3.47. The van der Waals surface area contributed by atoms with Crippen LogP contribution >= 0.6 is 0 Å². The first-order valence-corrected chi connectivity index (χ1v) is 11.0. The van der Waals surface area contributed by atoms with Crippen LogP contribution in [-0.2, 0) is 13.1 Å². The van der Waals surface area contributed by atoms with Gasteiger partial charge in [-0.2, -0.15) is 15.3 Å². The largest absolute Gasteiger partial charge is 0.388 e. The van der Waals surface area contributed by atoms with Crippen molar-refractivity contribution in [3.8, 4) is 22.9 Å². The summed E-state index contributed by atoms with van der Waals surface area (Å²) in [5, 5.41) is 27.2. The number of hydrogen-bond acceptors (Lipinski definition) is 7. The molecule has 1 aliphatic heterocycles. The molecule has 4 N–H and O–H groups in total. The molecular formula is C22H27N9O2. The molecule has 0 aliphatic carbocycles. The molecule has 1 fully saturated rings. The minimum absolute atomic E-state index is 0.374. The maximum absolute atomic E-state index is 12.1. The molecule has 3 aromatic heterocycles. The van der Waals surface area contributed by atoms with Gasteiger partial charge in [-0.15, -0.1) is 0 Å². The van der Waals surface area contributed by atoms with Crippen LogP contribution in [0.5, 0.6) is 0 Å². The highest BCUT2D eigenvalue weighted by Gasteiger charge is 2.35. The fraction of sp³-hybridized carbons (Fsp3) is 0.409. The van der Waals surface area contributed by atoms with Gasteiger partial charge in [0, 0.05) is 42.7 Å². The molecule has 1 aliphatic rings. The second kappa shape index (κ2) is 7.78. The first kappa shape index (κ1) is 21.3. The van der Waals surface area contributed by atoms with Crippen molar-refractivity contribution in [2.45, 2.75) is 39.5 Å². The maximum atomic E-state index is 12.1. The van der Waals surface area contributed by atoms with Crippen LogP contribution in [0.2, 0.25) is 0 Å². The molecule has 0 spiro atoms. The molecule has 1 aromatic carbocycles. The number of β-amino-alcohol motifs (C(OH)–C–C–N with tert-alkyl or cyclic N) is 1. The lowest BCUT2D eigenvalue weighted by atomic mass is 9.97. The van der Waals surface area contributed by atoms with Gasteiger partial charge in [-0.1, -0.05) is 0 Å². The minimum atomic E-state index is -0.617. The number of carbonyl (C=O) groups is 1. The summed E-state index contributed by atoms with van der Waals surface area (Å²) in [6.45, 7) is 9.12. The van der Waals surface area contributed by atoms with Crippen LogP contribution < -0.4 is 5.73 Å². The molecule has 1 saturated heterocycles. The molecule has 4 aromatic rings. The summed E-state index contributed by atoms with van der Waals surface area (Å²) in [6.07, 6.45) is 1.77. The number of primary amides is 1. The lowest BCUT2D eigenvalue weighted by Crippen LogP contribution is -2.60. The van der Waals surface area contributed by atoms with Gasteiger partial charge in [-0.25, -0.2) is 4.98 Å². The number of H-pyrrole nitrogens is 1. The first-order chi connectivity index (χ1) is 15.7. The number of aromatic amines is 1. The number of rotatable bonds is 7. The molecule has 33 heavy (non-hydrogen) atoms. The molecule has 0 atom stereocenters. The van der Waals surface area contributed by atoms with E-state index in [-0.39, 0.29) is 0 Å². The van der Waals surface area contributed by atoms with E-state index in [4.69, 9.17) is 10.7 Å². The van der Waals surface area contributed by atoms with Crippen molar-refractivity contribution in [3.05, 3.63) is 35.7 Å². The number of nitrogens with one attached hydrogen (secondary N) is 1. The van der Waals surface area contributed by atoms with Crippen molar-refractivity contribution in [2.24, 2.45) is 5.73 Å². The van der Waals surface area contributed by atoms with E-state index in [0.29, 0.717) is 49.0 Å². The fourth-order valence-corrected chi connectivity index (χ4v) is 4.47. The predicted octanol–water partition coefficient (Wildman–Crippen LogP) is 1.18. The van der Waals surface area contributed by atoms with E-state index < -0.39 is 11.5 Å². The lowest BCUT2D eigenvalue weighted by Gasteiger charge is -2.44. The molecule has 1 amide bonds. The number of likely N-dealkylation sites (tertiary alicyclic amines) is 1. The van der Waals surface area contributed by atoms with Gasteiger partial charge in [0.05, 0.1) is 29.6 Å². The Hall–Kier alpha value is -3.57. The smallest absolute Gasteiger partial charge is 0.248 e. The zero-order chi connectivity index (χ0) is 23.3. The van der Waals surface area contributed by atoms with E-state index >= 15 is 0 Å². The van der Waals surface area contributed by atoms with Gasteiger partial charge >= 0.3 is 0 Å². The molecule has 0 saturated carbocycles. The third-order valence-corrected chi connectivity index (χ3v) is 5.97. The van der Waals surface area contributed by atoms with Crippen molar-refractivity contribution in [1.82, 2.24) is 39.6 Å². The number of nitrogens with two attached hydrogens (primary N) is 1. The summed E-state index contributed by atoms with van der Waals surface area (Å²) < 4.78 is 3.70. The molecule has 172 valence electrons. The van der Waals surface area contributed by atoms with Crippen LogP contribution in [0.1, 0.15) is 29.9 Å². The fourth-order valence-electron chi connectivity index (χ4n) is 4.47. The second-order valence-electron chi connectivity index (χ2n) is 8.89. The summed E-state index contributed by atoms with van der Waals surface area (Å²) in [5.41, 5.74) is 8.59. The van der Waals surface area contributed by atoms with Crippen LogP contribution in [0.15, 0.2) is 24.4 Å². The third-order valence-electron chi connectivity index (χ3n) is 5.97. The number of amides is 1. The first-order valence-electron chi connectivity index (χ1n) is 11.0. The molecule has 4 heterocycles. The van der Waals surface area contributed by atoms with E-state index in [9.17, 15) is 9.90 Å². The van der Waals surface area contributed by atoms with Crippen molar-refractivity contribution in [1.29, 1.82) is 0 Å². The quantitative estimate of drug-likeness (QED) is 0.384. The van der Waals surface area contributed by atoms with Crippen molar-refractivity contribution >= 4 is 16.8 Å². The monoisotopic (exact) mass is 449 g/mol. The van der Waals surface area contributed by atoms with Gasteiger partial charge < -0.3 is 10.8 Å². The Morgan fingerprint density at radius 2 is 2.03 bits per heavy atom. The average molecular weight is 450 g/mol. The molecule has 11 heteroatoms. The lowest BCUT2D eigenvalue weighted by molar-refractivity contribution is -0.0841. The number of aromatic nitrogens is 7. The Morgan fingerprint density at radius 3 is 2.73 bits per heavy atom. The number of aryl methyl sites for hydroxylation is 2. The van der Waals surface area contributed by atoms with E-state index in [1.807, 2.05) is 36.2 Å². The van der Waals surface area contributed by atoms with E-state index in [1.54, 1.807) is 18.3 Å². The van der Waals surface area contributed by atoms with Gasteiger partial charge in [0.2, 0.25) is 5.91 Å². The van der Waals surface area contributed by atoms with Crippen LogP contribution in [0.4, 0.5) is 0 Å². The maximum Gasteiger partial charge on any atom is 0.248 e. The van der Waals surface area contributed by atoms with Gasteiger partial charge in [-0.05, 0) is 39.0 Å². The molecule has 0 unspecified atom stereocenters. The van der Waals surface area contributed by atoms with Crippen LogP contribution in [0.25, 0.3) is 33.8 Å². The standard InChI is InChI=1S/C22H27N9O2/c1-4-30-18(7-13(2)28-30)21-25-20(26-27-21)15-8-14(19(23)32)9-17-16(15)10-24-31(17)6-5-29-11-22(3,33)12-29/h7-10,33H,4-6,11-12H2,1-3H3,(H2,23,32)(H,25,26,27). The number of nitrogens with zero attached hydrogens (tertiary/aromatic N) is 7. The Morgan fingerprint density at radius 1 is 1.24 bits per heavy atom. The highest BCUT2D eigenvalue weighted by Crippen LogP contribution is 2.30. The van der Waals surface area contributed by atoms with E-state index in [0.717, 1.165) is 28.8 Å². The summed E-state index contributed by atoms with van der Waals surface area (Å²) in [6, 6.07) is 5.42. The van der Waals surface area contributed by atoms with Gasteiger partial charge in [-0.3, -0.25) is 24.2 Å². The Balaban J connectivity index is 1.51. The van der Waals surface area contributed by atoms with Crippen molar-refractivity contribution < 1.29 is 9.90 Å². The van der Waals surface area contributed by atoms with E-state index in [1.165, 1.54) is 0 Å². The highest BCUT2D eigenvalue weighted by molar-refractivity contribution is 6.02. The van der Waals surface area contributed by atoms with Crippen molar-refractivity contribution in [2.75, 3.05) is 19.6 Å². The number of aliphatic hydroxyl groups is 1. The Bertz CT molecular complexity index is 1340. The summed E-state index contributed by atoms with van der Waals surface area (Å²) >= 11 is 0. The Kier molecular flexibility index (Phi) is 5.02.